The van der Waals surface area contributed by atoms with Gasteiger partial charge in [0, 0.05) is 6.54 Å². The third kappa shape index (κ3) is 4.89. The Hall–Kier alpha value is -2.69. The lowest BCUT2D eigenvalue weighted by Crippen LogP contribution is -2.44. The number of carbonyl (C=O) groups excluding carboxylic acids is 1. The number of hydrogen-bond acceptors (Lipinski definition) is 3. The molecule has 0 radical (unpaired) electrons. The second-order valence-electron chi connectivity index (χ2n) is 6.23. The Morgan fingerprint density at radius 2 is 1.80 bits per heavy atom. The summed E-state index contributed by atoms with van der Waals surface area (Å²) in [6.07, 6.45) is 0.720. The van der Waals surface area contributed by atoms with Gasteiger partial charge < -0.3 is 20.1 Å². The fourth-order valence-corrected chi connectivity index (χ4v) is 2.78. The van der Waals surface area contributed by atoms with E-state index in [4.69, 9.17) is 9.47 Å². The van der Waals surface area contributed by atoms with Crippen molar-refractivity contribution < 1.29 is 14.3 Å². The number of urea groups is 1. The molecular weight excluding hydrogens is 316 g/mol. The van der Waals surface area contributed by atoms with Gasteiger partial charge >= 0.3 is 6.03 Å². The molecule has 0 aromatic heterocycles. The van der Waals surface area contributed by atoms with Crippen LogP contribution in [0.1, 0.15) is 24.8 Å². The number of fused-ring (bicyclic) bond motifs is 1. The highest BCUT2D eigenvalue weighted by atomic mass is 16.6. The Labute approximate surface area is 148 Å². The largest absolute Gasteiger partial charge is 0.486 e. The summed E-state index contributed by atoms with van der Waals surface area (Å²) in [6.45, 7) is 3.64. The molecule has 2 aromatic carbocycles. The molecule has 0 spiro atoms. The molecule has 2 unspecified atom stereocenters. The van der Waals surface area contributed by atoms with Crippen LogP contribution in [0.5, 0.6) is 11.5 Å². The molecule has 1 heterocycles. The molecule has 2 amide bonds. The van der Waals surface area contributed by atoms with E-state index in [1.165, 1.54) is 5.56 Å². The zero-order valence-electron chi connectivity index (χ0n) is 14.4. The summed E-state index contributed by atoms with van der Waals surface area (Å²) in [5.41, 5.74) is 1.29. The van der Waals surface area contributed by atoms with Crippen molar-refractivity contribution in [2.24, 2.45) is 0 Å². The number of para-hydroxylation sites is 2. The van der Waals surface area contributed by atoms with Crippen LogP contribution in [0.25, 0.3) is 0 Å². The predicted octanol–water partition coefficient (Wildman–Crippen LogP) is 3.32. The van der Waals surface area contributed by atoms with Crippen molar-refractivity contribution in [2.75, 3.05) is 19.7 Å². The van der Waals surface area contributed by atoms with Crippen LogP contribution in [0.2, 0.25) is 0 Å². The highest BCUT2D eigenvalue weighted by Gasteiger charge is 2.20. The van der Waals surface area contributed by atoms with Crippen LogP contribution < -0.4 is 20.1 Å². The van der Waals surface area contributed by atoms with Crippen molar-refractivity contribution in [1.29, 1.82) is 0 Å². The third-order valence-electron chi connectivity index (χ3n) is 4.29. The molecule has 0 saturated heterocycles. The molecule has 0 aliphatic carbocycles. The fourth-order valence-electron chi connectivity index (χ4n) is 2.78. The number of rotatable bonds is 6. The SMILES string of the molecule is CC(CCNC(=O)NCC1COc2ccccc2O1)c1ccccc1. The molecule has 3 rings (SSSR count). The lowest BCUT2D eigenvalue weighted by atomic mass is 9.98. The predicted molar refractivity (Wildman–Crippen MR) is 97.2 cm³/mol. The van der Waals surface area contributed by atoms with E-state index in [1.807, 2.05) is 42.5 Å². The Morgan fingerprint density at radius 3 is 2.60 bits per heavy atom. The van der Waals surface area contributed by atoms with Crippen LogP contribution in [0.15, 0.2) is 54.6 Å². The molecule has 2 aromatic rings. The van der Waals surface area contributed by atoms with Crippen LogP contribution in [-0.2, 0) is 0 Å². The summed E-state index contributed by atoms with van der Waals surface area (Å²) in [7, 11) is 0. The number of benzene rings is 2. The third-order valence-corrected chi connectivity index (χ3v) is 4.29. The normalized spacial score (nSPS) is 16.8. The molecule has 1 aliphatic rings. The van der Waals surface area contributed by atoms with E-state index in [1.54, 1.807) is 0 Å². The second kappa shape index (κ2) is 8.42. The van der Waals surface area contributed by atoms with Crippen LogP contribution in [0, 0.1) is 0 Å². The molecule has 5 nitrogen and oxygen atoms in total. The average molecular weight is 340 g/mol. The van der Waals surface area contributed by atoms with Crippen molar-refractivity contribution in [3.63, 3.8) is 0 Å². The van der Waals surface area contributed by atoms with E-state index in [2.05, 4.69) is 29.7 Å². The van der Waals surface area contributed by atoms with Gasteiger partial charge in [0.2, 0.25) is 0 Å². The van der Waals surface area contributed by atoms with E-state index in [0.29, 0.717) is 25.6 Å². The number of hydrogen-bond donors (Lipinski definition) is 2. The second-order valence-corrected chi connectivity index (χ2v) is 6.23. The van der Waals surface area contributed by atoms with Gasteiger partial charge in [-0.15, -0.1) is 0 Å². The van der Waals surface area contributed by atoms with Gasteiger partial charge in [0.15, 0.2) is 17.6 Å². The van der Waals surface area contributed by atoms with Crippen LogP contribution >= 0.6 is 0 Å². The summed E-state index contributed by atoms with van der Waals surface area (Å²) in [5.74, 6) is 1.88. The molecule has 1 aliphatic heterocycles. The van der Waals surface area contributed by atoms with Crippen molar-refractivity contribution in [3.8, 4) is 11.5 Å². The molecule has 5 heteroatoms. The topological polar surface area (TPSA) is 59.6 Å². The molecule has 2 atom stereocenters. The number of carbonyl (C=O) groups is 1. The van der Waals surface area contributed by atoms with Gasteiger partial charge in [-0.3, -0.25) is 0 Å². The molecule has 25 heavy (non-hydrogen) atoms. The first kappa shape index (κ1) is 17.1. The molecule has 2 N–H and O–H groups in total. The first-order valence-electron chi connectivity index (χ1n) is 8.67. The smallest absolute Gasteiger partial charge is 0.314 e. The molecule has 0 fully saturated rings. The van der Waals surface area contributed by atoms with E-state index in [0.717, 1.165) is 17.9 Å². The van der Waals surface area contributed by atoms with Gasteiger partial charge in [0.05, 0.1) is 6.54 Å². The standard InChI is InChI=1S/C20H24N2O3/c1-15(16-7-3-2-4-8-16)11-12-21-20(23)22-13-17-14-24-18-9-5-6-10-19(18)25-17/h2-10,15,17H,11-14H2,1H3,(H2,21,22,23). The Kier molecular flexibility index (Phi) is 5.77. The fraction of sp³-hybridized carbons (Fsp3) is 0.350. The van der Waals surface area contributed by atoms with Crippen molar-refractivity contribution in [3.05, 3.63) is 60.2 Å². The molecule has 0 saturated carbocycles. The van der Waals surface area contributed by atoms with E-state index >= 15 is 0 Å². The lowest BCUT2D eigenvalue weighted by molar-refractivity contribution is 0.0918. The summed E-state index contributed by atoms with van der Waals surface area (Å²) in [4.78, 5) is 11.9. The Bertz CT molecular complexity index is 690. The zero-order valence-corrected chi connectivity index (χ0v) is 14.4. The van der Waals surface area contributed by atoms with Crippen LogP contribution in [-0.4, -0.2) is 31.8 Å². The van der Waals surface area contributed by atoms with Crippen molar-refractivity contribution in [1.82, 2.24) is 10.6 Å². The van der Waals surface area contributed by atoms with Gasteiger partial charge in [-0.25, -0.2) is 4.79 Å². The Morgan fingerprint density at radius 1 is 1.08 bits per heavy atom. The van der Waals surface area contributed by atoms with Gasteiger partial charge in [-0.2, -0.15) is 0 Å². The number of nitrogens with one attached hydrogen (secondary N) is 2. The maximum atomic E-state index is 11.9. The monoisotopic (exact) mass is 340 g/mol. The van der Waals surface area contributed by atoms with Gasteiger partial charge in [0.25, 0.3) is 0 Å². The Balaban J connectivity index is 1.35. The van der Waals surface area contributed by atoms with E-state index in [9.17, 15) is 4.79 Å². The lowest BCUT2D eigenvalue weighted by Gasteiger charge is -2.26. The highest BCUT2D eigenvalue weighted by molar-refractivity contribution is 5.73. The number of amides is 2. The zero-order chi connectivity index (χ0) is 17.5. The molecule has 132 valence electrons. The average Bonchev–Trinajstić information content (AvgIpc) is 2.67. The van der Waals surface area contributed by atoms with Crippen molar-refractivity contribution in [2.45, 2.75) is 25.4 Å². The summed E-state index contributed by atoms with van der Waals surface area (Å²) < 4.78 is 11.4. The van der Waals surface area contributed by atoms with Gasteiger partial charge in [-0.1, -0.05) is 49.4 Å². The summed E-state index contributed by atoms with van der Waals surface area (Å²) in [5, 5.41) is 5.74. The van der Waals surface area contributed by atoms with E-state index < -0.39 is 0 Å². The minimum atomic E-state index is -0.178. The summed E-state index contributed by atoms with van der Waals surface area (Å²) >= 11 is 0. The maximum Gasteiger partial charge on any atom is 0.314 e. The van der Waals surface area contributed by atoms with Gasteiger partial charge in [-0.05, 0) is 30.0 Å². The maximum absolute atomic E-state index is 11.9. The number of ether oxygens (including phenoxy) is 2. The quantitative estimate of drug-likeness (QED) is 0.848. The van der Waals surface area contributed by atoms with Crippen LogP contribution in [0.4, 0.5) is 4.79 Å². The van der Waals surface area contributed by atoms with Crippen LogP contribution in [0.3, 0.4) is 0 Å². The molecule has 0 bridgehead atoms. The van der Waals surface area contributed by atoms with Crippen molar-refractivity contribution >= 4 is 6.03 Å². The first-order valence-corrected chi connectivity index (χ1v) is 8.67. The minimum Gasteiger partial charge on any atom is -0.486 e. The minimum absolute atomic E-state index is 0.177. The summed E-state index contributed by atoms with van der Waals surface area (Å²) in [6, 6.07) is 17.7. The first-order chi connectivity index (χ1) is 12.2. The molecular formula is C20H24N2O3. The van der Waals surface area contributed by atoms with Gasteiger partial charge in [0.1, 0.15) is 6.61 Å². The highest BCUT2D eigenvalue weighted by Crippen LogP contribution is 2.30. The van der Waals surface area contributed by atoms with E-state index in [-0.39, 0.29) is 12.1 Å².